The van der Waals surface area contributed by atoms with E-state index in [1.54, 1.807) is 6.08 Å². The van der Waals surface area contributed by atoms with Crippen molar-refractivity contribution in [2.75, 3.05) is 6.26 Å². The molecule has 0 saturated heterocycles. The standard InChI is InChI=1S/C15H15N5O3S/c1-11-3-5-12(6-4-11)7-8-13-14-17-18-20(10-24(2,22)23)15(21)19(14)9-16-13/h3-9H,10H2,1-2H3/b8-7+. The number of aryl methyl sites for hydroxylation is 1. The maximum Gasteiger partial charge on any atom is 0.353 e. The molecule has 9 heteroatoms. The number of aromatic nitrogens is 5. The predicted octanol–water partition coefficient (Wildman–Crippen LogP) is 0.767. The van der Waals surface area contributed by atoms with Crippen LogP contribution in [-0.4, -0.2) is 39.1 Å². The van der Waals surface area contributed by atoms with Crippen LogP contribution in [0.1, 0.15) is 16.8 Å². The number of rotatable bonds is 4. The first kappa shape index (κ1) is 16.1. The molecule has 0 atom stereocenters. The summed E-state index contributed by atoms with van der Waals surface area (Å²) >= 11 is 0. The van der Waals surface area contributed by atoms with Gasteiger partial charge in [0.1, 0.15) is 17.9 Å². The third kappa shape index (κ3) is 3.40. The second-order valence-electron chi connectivity index (χ2n) is 5.49. The Labute approximate surface area is 138 Å². The maximum absolute atomic E-state index is 12.2. The highest BCUT2D eigenvalue weighted by Gasteiger charge is 2.12. The second kappa shape index (κ2) is 6.00. The largest absolute Gasteiger partial charge is 0.353 e. The normalized spacial score (nSPS) is 12.2. The van der Waals surface area contributed by atoms with Crippen LogP contribution < -0.4 is 5.69 Å². The summed E-state index contributed by atoms with van der Waals surface area (Å²) in [7, 11) is -3.40. The van der Waals surface area contributed by atoms with Gasteiger partial charge in [-0.05, 0) is 18.6 Å². The molecule has 0 aliphatic heterocycles. The Morgan fingerprint density at radius 2 is 1.88 bits per heavy atom. The zero-order valence-corrected chi connectivity index (χ0v) is 13.9. The van der Waals surface area contributed by atoms with Crippen molar-refractivity contribution in [1.29, 1.82) is 0 Å². The van der Waals surface area contributed by atoms with Crippen LogP contribution in [0.15, 0.2) is 35.4 Å². The molecule has 8 nitrogen and oxygen atoms in total. The number of imidazole rings is 1. The SMILES string of the molecule is Cc1ccc(/C=C/c2ncn3c(=O)n(CS(C)(=O)=O)nnc23)cc1. The minimum atomic E-state index is -3.40. The predicted molar refractivity (Wildman–Crippen MR) is 90.0 cm³/mol. The average Bonchev–Trinajstić information content (AvgIpc) is 2.92. The first-order valence-corrected chi connectivity index (χ1v) is 9.13. The van der Waals surface area contributed by atoms with Gasteiger partial charge in [-0.25, -0.2) is 22.6 Å². The molecule has 0 aliphatic rings. The third-order valence-electron chi connectivity index (χ3n) is 3.31. The Balaban J connectivity index is 1.98. The Bertz CT molecular complexity index is 1080. The van der Waals surface area contributed by atoms with Gasteiger partial charge < -0.3 is 0 Å². The van der Waals surface area contributed by atoms with E-state index in [0.717, 1.165) is 22.1 Å². The van der Waals surface area contributed by atoms with Crippen LogP contribution in [0, 0.1) is 6.92 Å². The average molecular weight is 345 g/mol. The van der Waals surface area contributed by atoms with Crippen molar-refractivity contribution in [2.45, 2.75) is 12.8 Å². The summed E-state index contributed by atoms with van der Waals surface area (Å²) in [4.78, 5) is 16.4. The minimum absolute atomic E-state index is 0.271. The summed E-state index contributed by atoms with van der Waals surface area (Å²) in [5.74, 6) is -0.526. The molecule has 3 aromatic rings. The first-order valence-electron chi connectivity index (χ1n) is 7.07. The molecule has 124 valence electrons. The Kier molecular flexibility index (Phi) is 4.02. The van der Waals surface area contributed by atoms with E-state index in [1.807, 2.05) is 37.3 Å². The highest BCUT2D eigenvalue weighted by Crippen LogP contribution is 2.10. The number of sulfone groups is 1. The van der Waals surface area contributed by atoms with Crippen LogP contribution in [0.25, 0.3) is 17.8 Å². The van der Waals surface area contributed by atoms with Crippen molar-refractivity contribution in [3.05, 3.63) is 57.9 Å². The maximum atomic E-state index is 12.2. The highest BCUT2D eigenvalue weighted by atomic mass is 32.2. The van der Waals surface area contributed by atoms with E-state index in [4.69, 9.17) is 0 Å². The molecule has 0 aliphatic carbocycles. The molecule has 2 aromatic heterocycles. The smallest absolute Gasteiger partial charge is 0.245 e. The molecule has 0 N–H and O–H groups in total. The van der Waals surface area contributed by atoms with Crippen molar-refractivity contribution in [1.82, 2.24) is 24.4 Å². The monoisotopic (exact) mass is 345 g/mol. The van der Waals surface area contributed by atoms with E-state index in [9.17, 15) is 13.2 Å². The fourth-order valence-corrected chi connectivity index (χ4v) is 2.73. The Hall–Kier alpha value is -2.81. The number of hydrogen-bond donors (Lipinski definition) is 0. The zero-order chi connectivity index (χ0) is 17.3. The van der Waals surface area contributed by atoms with Crippen LogP contribution in [-0.2, 0) is 15.7 Å². The molecular formula is C15H15N5O3S. The van der Waals surface area contributed by atoms with Crippen LogP contribution in [0.4, 0.5) is 0 Å². The molecular weight excluding hydrogens is 330 g/mol. The van der Waals surface area contributed by atoms with E-state index in [0.29, 0.717) is 5.69 Å². The van der Waals surface area contributed by atoms with Crippen LogP contribution in [0.5, 0.6) is 0 Å². The Morgan fingerprint density at radius 1 is 1.17 bits per heavy atom. The summed E-state index contributed by atoms with van der Waals surface area (Å²) in [6, 6.07) is 7.92. The van der Waals surface area contributed by atoms with Crippen molar-refractivity contribution in [2.24, 2.45) is 0 Å². The van der Waals surface area contributed by atoms with E-state index < -0.39 is 21.4 Å². The van der Waals surface area contributed by atoms with Gasteiger partial charge in [-0.15, -0.1) is 5.10 Å². The fourth-order valence-electron chi connectivity index (χ4n) is 2.13. The first-order chi connectivity index (χ1) is 11.3. The van der Waals surface area contributed by atoms with Crippen LogP contribution in [0.3, 0.4) is 0 Å². The lowest BCUT2D eigenvalue weighted by Crippen LogP contribution is -2.32. The fraction of sp³-hybridized carbons (Fsp3) is 0.200. The molecule has 0 saturated carbocycles. The van der Waals surface area contributed by atoms with Crippen molar-refractivity contribution < 1.29 is 8.42 Å². The van der Waals surface area contributed by atoms with Crippen molar-refractivity contribution in [3.63, 3.8) is 0 Å². The summed E-state index contributed by atoms with van der Waals surface area (Å²) < 4.78 is 24.6. The lowest BCUT2D eigenvalue weighted by Gasteiger charge is -2.01. The molecule has 0 bridgehead atoms. The zero-order valence-electron chi connectivity index (χ0n) is 13.1. The number of benzene rings is 1. The second-order valence-corrected chi connectivity index (χ2v) is 7.60. The highest BCUT2D eigenvalue weighted by molar-refractivity contribution is 7.89. The van der Waals surface area contributed by atoms with Gasteiger partial charge in [0.05, 0.1) is 0 Å². The quantitative estimate of drug-likeness (QED) is 0.692. The molecule has 0 amide bonds. The van der Waals surface area contributed by atoms with Gasteiger partial charge in [-0.3, -0.25) is 0 Å². The van der Waals surface area contributed by atoms with E-state index in [1.165, 1.54) is 10.7 Å². The van der Waals surface area contributed by atoms with E-state index >= 15 is 0 Å². The van der Waals surface area contributed by atoms with Crippen molar-refractivity contribution in [3.8, 4) is 0 Å². The van der Waals surface area contributed by atoms with Crippen LogP contribution in [0.2, 0.25) is 0 Å². The van der Waals surface area contributed by atoms with Gasteiger partial charge in [0, 0.05) is 6.26 Å². The molecule has 24 heavy (non-hydrogen) atoms. The number of nitrogens with zero attached hydrogens (tertiary/aromatic N) is 5. The van der Waals surface area contributed by atoms with Crippen LogP contribution >= 0.6 is 0 Å². The van der Waals surface area contributed by atoms with Gasteiger partial charge in [0.2, 0.25) is 0 Å². The topological polar surface area (TPSA) is 99.2 Å². The third-order valence-corrected chi connectivity index (χ3v) is 4.03. The summed E-state index contributed by atoms with van der Waals surface area (Å²) in [6.45, 7) is 2.01. The molecule has 0 unspecified atom stereocenters. The lowest BCUT2D eigenvalue weighted by atomic mass is 10.1. The van der Waals surface area contributed by atoms with Crippen molar-refractivity contribution >= 4 is 27.6 Å². The summed E-state index contributed by atoms with van der Waals surface area (Å²) in [5.41, 5.74) is 2.30. The molecule has 0 spiro atoms. The van der Waals surface area contributed by atoms with E-state index in [-0.39, 0.29) is 5.65 Å². The lowest BCUT2D eigenvalue weighted by molar-refractivity contribution is 0.547. The van der Waals surface area contributed by atoms with Gasteiger partial charge in [0.15, 0.2) is 15.5 Å². The number of fused-ring (bicyclic) bond motifs is 1. The van der Waals surface area contributed by atoms with Gasteiger partial charge in [0.25, 0.3) is 0 Å². The van der Waals surface area contributed by atoms with Gasteiger partial charge >= 0.3 is 5.69 Å². The summed E-state index contributed by atoms with van der Waals surface area (Å²) in [6.07, 6.45) is 5.91. The molecule has 0 fully saturated rings. The summed E-state index contributed by atoms with van der Waals surface area (Å²) in [5, 5.41) is 7.58. The van der Waals surface area contributed by atoms with Gasteiger partial charge in [-0.1, -0.05) is 41.1 Å². The molecule has 1 aromatic carbocycles. The van der Waals surface area contributed by atoms with Gasteiger partial charge in [-0.2, -0.15) is 4.68 Å². The number of hydrogen-bond acceptors (Lipinski definition) is 6. The van der Waals surface area contributed by atoms with E-state index in [2.05, 4.69) is 15.3 Å². The minimum Gasteiger partial charge on any atom is -0.245 e. The molecule has 2 heterocycles. The Morgan fingerprint density at radius 3 is 2.54 bits per heavy atom. The molecule has 0 radical (unpaired) electrons. The molecule has 3 rings (SSSR count).